The predicted octanol–water partition coefficient (Wildman–Crippen LogP) is 12.4. The molecule has 45 heavy (non-hydrogen) atoms. The summed E-state index contributed by atoms with van der Waals surface area (Å²) < 4.78 is 5.03. The third-order valence-electron chi connectivity index (χ3n) is 8.98. The summed E-state index contributed by atoms with van der Waals surface area (Å²) in [7, 11) is 0. The Kier molecular flexibility index (Phi) is 6.44. The lowest BCUT2D eigenvalue weighted by Crippen LogP contribution is -1.97. The van der Waals surface area contributed by atoms with Crippen molar-refractivity contribution in [2.24, 2.45) is 0 Å². The van der Waals surface area contributed by atoms with Crippen molar-refractivity contribution in [2.75, 3.05) is 0 Å². The third-order valence-corrected chi connectivity index (χ3v) is 10.2. The first-order valence-corrected chi connectivity index (χ1v) is 16.1. The zero-order valence-corrected chi connectivity index (χ0v) is 26.2. The first kappa shape index (κ1) is 27.2. The molecule has 0 atom stereocenters. The molecule has 3 aromatic heterocycles. The Hall–Kier alpha value is -5.38. The van der Waals surface area contributed by atoms with Crippen molar-refractivity contribution in [1.82, 2.24) is 9.55 Å². The summed E-state index contributed by atoms with van der Waals surface area (Å²) in [5.41, 5.74) is 9.35. The number of benzene rings is 5. The molecule has 0 spiro atoms. The first-order chi connectivity index (χ1) is 22.1. The molecule has 0 bridgehead atoms. The lowest BCUT2D eigenvalue weighted by atomic mass is 9.99. The van der Waals surface area contributed by atoms with Crippen LogP contribution in [0.1, 0.15) is 23.7 Å². The fourth-order valence-corrected chi connectivity index (χ4v) is 8.25. The maximum absolute atomic E-state index is 4.08. The van der Waals surface area contributed by atoms with Gasteiger partial charge in [-0.1, -0.05) is 110 Å². The van der Waals surface area contributed by atoms with Crippen LogP contribution in [-0.2, 0) is 0 Å². The molecule has 0 amide bonds. The normalized spacial score (nSPS) is 12.8. The summed E-state index contributed by atoms with van der Waals surface area (Å²) in [5.74, 6) is 0. The van der Waals surface area contributed by atoms with Crippen LogP contribution in [0.3, 0.4) is 0 Å². The fourth-order valence-electron chi connectivity index (χ4n) is 6.98. The van der Waals surface area contributed by atoms with Crippen molar-refractivity contribution in [1.29, 1.82) is 0 Å². The molecular formula is C42H32N2S. The van der Waals surface area contributed by atoms with E-state index in [-0.39, 0.29) is 0 Å². The second-order valence-corrected chi connectivity index (χ2v) is 12.5. The maximum atomic E-state index is 4.08. The second kappa shape index (κ2) is 10.7. The van der Waals surface area contributed by atoms with Gasteiger partial charge >= 0.3 is 0 Å². The van der Waals surface area contributed by atoms with Crippen LogP contribution in [0, 0.1) is 6.92 Å². The SMILES string of the molecule is C=C/C=C\c1c(C)n(-c2cccc(/C(C=C)=C/C=C\C)c2)c2cc3sc4c5ccccc5c5[nH]c6ccccc6c5c4c3cc12. The van der Waals surface area contributed by atoms with Crippen LogP contribution in [0.25, 0.3) is 81.0 Å². The number of hydrogen-bond donors (Lipinski definition) is 1. The molecule has 8 rings (SSSR count). The van der Waals surface area contributed by atoms with Crippen molar-refractivity contribution in [3.05, 3.63) is 151 Å². The number of hydrogen-bond acceptors (Lipinski definition) is 1. The Balaban J connectivity index is 1.50. The maximum Gasteiger partial charge on any atom is 0.0552 e. The van der Waals surface area contributed by atoms with Gasteiger partial charge < -0.3 is 9.55 Å². The summed E-state index contributed by atoms with van der Waals surface area (Å²) in [5, 5.41) is 9.00. The molecule has 0 radical (unpaired) electrons. The number of para-hydroxylation sites is 1. The zero-order valence-electron chi connectivity index (χ0n) is 25.4. The van der Waals surface area contributed by atoms with Crippen LogP contribution < -0.4 is 0 Å². The van der Waals surface area contributed by atoms with Gasteiger partial charge in [-0.3, -0.25) is 0 Å². The molecule has 2 nitrogen and oxygen atoms in total. The van der Waals surface area contributed by atoms with Gasteiger partial charge in [-0.25, -0.2) is 0 Å². The van der Waals surface area contributed by atoms with Gasteiger partial charge in [0, 0.05) is 69.6 Å². The summed E-state index contributed by atoms with van der Waals surface area (Å²) in [6, 6.07) is 31.1. The fraction of sp³-hybridized carbons (Fsp3) is 0.0476. The summed E-state index contributed by atoms with van der Waals surface area (Å²) >= 11 is 1.90. The number of H-pyrrole nitrogens is 1. The topological polar surface area (TPSA) is 20.7 Å². The molecule has 0 aliphatic rings. The van der Waals surface area contributed by atoms with Gasteiger partial charge in [-0.15, -0.1) is 11.3 Å². The van der Waals surface area contributed by atoms with Crippen molar-refractivity contribution in [2.45, 2.75) is 13.8 Å². The predicted molar refractivity (Wildman–Crippen MR) is 200 cm³/mol. The molecule has 5 aromatic carbocycles. The van der Waals surface area contributed by atoms with E-state index < -0.39 is 0 Å². The minimum Gasteiger partial charge on any atom is -0.354 e. The van der Waals surface area contributed by atoms with Crippen LogP contribution in [0.4, 0.5) is 0 Å². The number of aromatic nitrogens is 2. The van der Waals surface area contributed by atoms with Gasteiger partial charge in [0.05, 0.1) is 11.0 Å². The molecule has 0 aliphatic heterocycles. The van der Waals surface area contributed by atoms with E-state index in [0.717, 1.165) is 16.8 Å². The van der Waals surface area contributed by atoms with Gasteiger partial charge in [-0.2, -0.15) is 0 Å². The number of allylic oxidation sites excluding steroid dienone is 7. The molecule has 1 N–H and O–H groups in total. The monoisotopic (exact) mass is 596 g/mol. The van der Waals surface area contributed by atoms with E-state index in [1.165, 1.54) is 74.9 Å². The van der Waals surface area contributed by atoms with E-state index in [2.05, 4.69) is 133 Å². The highest BCUT2D eigenvalue weighted by Gasteiger charge is 2.21. The highest BCUT2D eigenvalue weighted by molar-refractivity contribution is 7.27. The van der Waals surface area contributed by atoms with E-state index in [1.807, 2.05) is 42.6 Å². The Morgan fingerprint density at radius 3 is 2.40 bits per heavy atom. The Bertz CT molecular complexity index is 2590. The highest BCUT2D eigenvalue weighted by atomic mass is 32.1. The Morgan fingerprint density at radius 1 is 0.800 bits per heavy atom. The smallest absolute Gasteiger partial charge is 0.0552 e. The number of nitrogens with zero attached hydrogens (tertiary/aromatic N) is 1. The van der Waals surface area contributed by atoms with Gasteiger partial charge in [-0.05, 0) is 55.3 Å². The lowest BCUT2D eigenvalue weighted by Gasteiger charge is -2.11. The number of aromatic amines is 1. The molecule has 8 aromatic rings. The molecule has 0 unspecified atom stereocenters. The van der Waals surface area contributed by atoms with Crippen molar-refractivity contribution >= 4 is 86.6 Å². The van der Waals surface area contributed by atoms with Crippen LogP contribution in [0.2, 0.25) is 0 Å². The number of fused-ring (bicyclic) bond motifs is 11. The van der Waals surface area contributed by atoms with Crippen LogP contribution in [0.5, 0.6) is 0 Å². The minimum absolute atomic E-state index is 1.09. The summed E-state index contributed by atoms with van der Waals surface area (Å²) in [6.07, 6.45) is 14.2. The molecule has 3 heteroatoms. The van der Waals surface area contributed by atoms with E-state index in [0.29, 0.717) is 0 Å². The molecule has 0 fully saturated rings. The van der Waals surface area contributed by atoms with Crippen LogP contribution >= 0.6 is 11.3 Å². The number of thiophene rings is 1. The first-order valence-electron chi connectivity index (χ1n) is 15.3. The minimum atomic E-state index is 1.09. The third kappa shape index (κ3) is 4.08. The molecule has 3 heterocycles. The average Bonchev–Trinajstić information content (AvgIpc) is 3.72. The second-order valence-electron chi connectivity index (χ2n) is 11.5. The molecule has 0 aliphatic carbocycles. The van der Waals surface area contributed by atoms with Gasteiger partial charge in [0.25, 0.3) is 0 Å². The largest absolute Gasteiger partial charge is 0.354 e. The van der Waals surface area contributed by atoms with E-state index >= 15 is 0 Å². The summed E-state index contributed by atoms with van der Waals surface area (Å²) in [6.45, 7) is 12.3. The molecule has 0 saturated heterocycles. The molecule has 216 valence electrons. The van der Waals surface area contributed by atoms with Crippen molar-refractivity contribution in [3.63, 3.8) is 0 Å². The zero-order chi connectivity index (χ0) is 30.7. The quantitative estimate of drug-likeness (QED) is 0.184. The lowest BCUT2D eigenvalue weighted by molar-refractivity contribution is 1.05. The standard InChI is InChI=1S/C42H32N2S/c1-5-8-15-27(7-3)28-16-14-17-29(23-28)44-26(4)30(18-9-6-2)34-24-35-38(25-37(34)44)45-42-32-20-11-10-19-31(32)41-39(40(35)42)33-21-12-13-22-36(33)43-41/h5-25,43H,2-3H2,1,4H3/b8-5-,18-9-,27-15+. The Morgan fingerprint density at radius 2 is 1.60 bits per heavy atom. The van der Waals surface area contributed by atoms with Crippen molar-refractivity contribution in [3.8, 4) is 5.69 Å². The van der Waals surface area contributed by atoms with E-state index in [4.69, 9.17) is 0 Å². The van der Waals surface area contributed by atoms with E-state index in [9.17, 15) is 0 Å². The number of nitrogens with one attached hydrogen (secondary N) is 1. The average molecular weight is 597 g/mol. The van der Waals surface area contributed by atoms with Crippen molar-refractivity contribution < 1.29 is 0 Å². The van der Waals surface area contributed by atoms with E-state index in [1.54, 1.807) is 0 Å². The van der Waals surface area contributed by atoms with Gasteiger partial charge in [0.2, 0.25) is 0 Å². The summed E-state index contributed by atoms with van der Waals surface area (Å²) in [4.78, 5) is 3.77. The molecular weight excluding hydrogens is 565 g/mol. The number of rotatable bonds is 6. The van der Waals surface area contributed by atoms with Gasteiger partial charge in [0.15, 0.2) is 0 Å². The van der Waals surface area contributed by atoms with Gasteiger partial charge in [0.1, 0.15) is 0 Å². The molecule has 0 saturated carbocycles. The Labute approximate surface area is 266 Å². The van der Waals surface area contributed by atoms with Crippen LogP contribution in [0.15, 0.2) is 135 Å². The van der Waals surface area contributed by atoms with Crippen LogP contribution in [-0.4, -0.2) is 9.55 Å². The highest BCUT2D eigenvalue weighted by Crippen LogP contribution is 2.48.